The molecule has 11 nitrogen and oxygen atoms in total. The number of amides is 2. The second-order valence-electron chi connectivity index (χ2n) is 4.33. The fourth-order valence-corrected chi connectivity index (χ4v) is 1.35. The number of nitrogens with two attached hydrogens (primary N) is 2. The molecule has 2 amide bonds. The van der Waals surface area contributed by atoms with Crippen LogP contribution in [-0.2, 0) is 23.9 Å². The quantitative estimate of drug-likeness (QED) is 0.141. The van der Waals surface area contributed by atoms with Crippen molar-refractivity contribution >= 4 is 29.9 Å². The molecule has 0 aromatic carbocycles. The summed E-state index contributed by atoms with van der Waals surface area (Å²) in [7, 11) is 0. The standard InChI is InChI=1S/C12H17N3O8/c13-7(2-1-3-15-12(14)22)11(21)23-9(18)5-6(10(19)20)4-8(16)17/h5,7H,1-4,13H2,(H,16,17)(H,19,20)(H3,14,15,22)/t7-/m0/s1. The minimum Gasteiger partial charge on any atom is -0.481 e. The molecule has 0 saturated carbocycles. The zero-order valence-electron chi connectivity index (χ0n) is 12.0. The number of esters is 2. The van der Waals surface area contributed by atoms with Crippen LogP contribution in [0.15, 0.2) is 11.6 Å². The lowest BCUT2D eigenvalue weighted by Crippen LogP contribution is -2.35. The molecule has 0 rings (SSSR count). The number of carboxylic acid groups (broad SMARTS) is 2. The molecule has 0 bridgehead atoms. The molecule has 7 N–H and O–H groups in total. The van der Waals surface area contributed by atoms with Crippen molar-refractivity contribution in [2.75, 3.05) is 6.54 Å². The summed E-state index contributed by atoms with van der Waals surface area (Å²) in [4.78, 5) is 54.4. The fourth-order valence-electron chi connectivity index (χ4n) is 1.35. The van der Waals surface area contributed by atoms with Crippen LogP contribution in [0.4, 0.5) is 4.79 Å². The van der Waals surface area contributed by atoms with Crippen molar-refractivity contribution in [3.8, 4) is 0 Å². The number of primary amides is 1. The number of ether oxygens (including phenoxy) is 1. The van der Waals surface area contributed by atoms with Crippen molar-refractivity contribution in [1.29, 1.82) is 0 Å². The summed E-state index contributed by atoms with van der Waals surface area (Å²) < 4.78 is 4.31. The first kappa shape index (κ1) is 20.1. The van der Waals surface area contributed by atoms with Crippen LogP contribution in [0.5, 0.6) is 0 Å². The van der Waals surface area contributed by atoms with Crippen molar-refractivity contribution in [3.05, 3.63) is 11.6 Å². The van der Waals surface area contributed by atoms with Crippen LogP contribution in [0.3, 0.4) is 0 Å². The number of carbonyl (C=O) groups is 5. The van der Waals surface area contributed by atoms with Crippen molar-refractivity contribution < 1.29 is 38.9 Å². The highest BCUT2D eigenvalue weighted by Crippen LogP contribution is 2.04. The maximum atomic E-state index is 11.5. The Morgan fingerprint density at radius 1 is 1.17 bits per heavy atom. The highest BCUT2D eigenvalue weighted by atomic mass is 16.6. The van der Waals surface area contributed by atoms with Crippen LogP contribution >= 0.6 is 0 Å². The topological polar surface area (TPSA) is 199 Å². The minimum absolute atomic E-state index is 0.0804. The minimum atomic E-state index is -1.63. The molecule has 0 aliphatic rings. The molecule has 0 saturated heterocycles. The molecule has 0 fully saturated rings. The van der Waals surface area contributed by atoms with E-state index in [4.69, 9.17) is 21.7 Å². The maximum Gasteiger partial charge on any atom is 0.339 e. The Morgan fingerprint density at radius 2 is 1.78 bits per heavy atom. The van der Waals surface area contributed by atoms with E-state index in [1.54, 1.807) is 0 Å². The van der Waals surface area contributed by atoms with Crippen LogP contribution in [0.1, 0.15) is 19.3 Å². The Labute approximate surface area is 130 Å². The zero-order valence-corrected chi connectivity index (χ0v) is 12.0. The average Bonchev–Trinajstić information content (AvgIpc) is 2.41. The number of hydrogen-bond acceptors (Lipinski definition) is 7. The first-order chi connectivity index (χ1) is 10.6. The van der Waals surface area contributed by atoms with Crippen molar-refractivity contribution in [3.63, 3.8) is 0 Å². The maximum absolute atomic E-state index is 11.5. The molecule has 23 heavy (non-hydrogen) atoms. The van der Waals surface area contributed by atoms with Gasteiger partial charge in [0, 0.05) is 12.6 Å². The Kier molecular flexibility index (Phi) is 8.62. The molecule has 0 spiro atoms. The van der Waals surface area contributed by atoms with Gasteiger partial charge in [-0.15, -0.1) is 0 Å². The van der Waals surface area contributed by atoms with Gasteiger partial charge >= 0.3 is 29.9 Å². The third kappa shape index (κ3) is 9.57. The molecule has 0 aromatic rings. The van der Waals surface area contributed by atoms with E-state index < -0.39 is 47.9 Å². The molecule has 0 aliphatic heterocycles. The van der Waals surface area contributed by atoms with Crippen LogP contribution in [0.25, 0.3) is 0 Å². The lowest BCUT2D eigenvalue weighted by molar-refractivity contribution is -0.157. The lowest BCUT2D eigenvalue weighted by Gasteiger charge is -2.09. The molecule has 11 heteroatoms. The lowest BCUT2D eigenvalue weighted by atomic mass is 10.1. The largest absolute Gasteiger partial charge is 0.481 e. The summed E-state index contributed by atoms with van der Waals surface area (Å²) in [5.41, 5.74) is 9.54. The van der Waals surface area contributed by atoms with Crippen molar-refractivity contribution in [2.24, 2.45) is 11.5 Å². The molecule has 0 unspecified atom stereocenters. The van der Waals surface area contributed by atoms with Crippen LogP contribution in [0.2, 0.25) is 0 Å². The summed E-state index contributed by atoms with van der Waals surface area (Å²) >= 11 is 0. The SMILES string of the molecule is NC(=O)NCCC[C@H](N)C(=O)OC(=O)C=C(CC(=O)O)C(=O)O. The van der Waals surface area contributed by atoms with E-state index in [0.717, 1.165) is 0 Å². The number of urea groups is 1. The molecule has 0 radical (unpaired) electrons. The van der Waals surface area contributed by atoms with Gasteiger partial charge in [-0.3, -0.25) is 4.79 Å². The Bertz CT molecular complexity index is 528. The van der Waals surface area contributed by atoms with Gasteiger partial charge in [-0.2, -0.15) is 0 Å². The number of rotatable bonds is 9. The van der Waals surface area contributed by atoms with Crippen LogP contribution in [0, 0.1) is 0 Å². The van der Waals surface area contributed by atoms with E-state index in [1.807, 2.05) is 0 Å². The molecular formula is C12H17N3O8. The Hall–Kier alpha value is -2.95. The predicted molar refractivity (Wildman–Crippen MR) is 73.9 cm³/mol. The summed E-state index contributed by atoms with van der Waals surface area (Å²) in [6.07, 6.45) is -0.140. The first-order valence-corrected chi connectivity index (χ1v) is 6.33. The van der Waals surface area contributed by atoms with E-state index in [0.29, 0.717) is 12.5 Å². The van der Waals surface area contributed by atoms with Crippen LogP contribution < -0.4 is 16.8 Å². The van der Waals surface area contributed by atoms with Gasteiger partial charge in [0.15, 0.2) is 0 Å². The second kappa shape index (κ2) is 9.89. The number of hydrogen-bond donors (Lipinski definition) is 5. The fraction of sp³-hybridized carbons (Fsp3) is 0.417. The van der Waals surface area contributed by atoms with Gasteiger partial charge in [-0.1, -0.05) is 0 Å². The number of carboxylic acids is 2. The average molecular weight is 331 g/mol. The number of nitrogens with one attached hydrogen (secondary N) is 1. The van der Waals surface area contributed by atoms with E-state index in [9.17, 15) is 24.0 Å². The van der Waals surface area contributed by atoms with E-state index >= 15 is 0 Å². The highest BCUT2D eigenvalue weighted by Gasteiger charge is 2.20. The molecule has 0 aromatic heterocycles. The van der Waals surface area contributed by atoms with E-state index in [1.165, 1.54) is 0 Å². The van der Waals surface area contributed by atoms with E-state index in [2.05, 4.69) is 10.1 Å². The molecule has 0 aliphatic carbocycles. The Morgan fingerprint density at radius 3 is 2.26 bits per heavy atom. The number of aliphatic carboxylic acids is 2. The van der Waals surface area contributed by atoms with Crippen LogP contribution in [-0.4, -0.2) is 52.7 Å². The zero-order chi connectivity index (χ0) is 18.0. The molecule has 0 heterocycles. The normalized spacial score (nSPS) is 12.1. The Balaban J connectivity index is 4.46. The van der Waals surface area contributed by atoms with E-state index in [-0.39, 0.29) is 13.0 Å². The molecule has 128 valence electrons. The van der Waals surface area contributed by atoms with Crippen molar-refractivity contribution in [2.45, 2.75) is 25.3 Å². The third-order valence-corrected chi connectivity index (χ3v) is 2.40. The third-order valence-electron chi connectivity index (χ3n) is 2.40. The summed E-state index contributed by atoms with van der Waals surface area (Å²) in [6.45, 7) is 0.173. The molecule has 1 atom stereocenters. The monoisotopic (exact) mass is 331 g/mol. The smallest absolute Gasteiger partial charge is 0.339 e. The van der Waals surface area contributed by atoms with Gasteiger partial charge in [0.05, 0.1) is 12.0 Å². The van der Waals surface area contributed by atoms with Gasteiger partial charge in [-0.05, 0) is 12.8 Å². The number of carbonyl (C=O) groups excluding carboxylic acids is 3. The van der Waals surface area contributed by atoms with Gasteiger partial charge in [-0.25, -0.2) is 19.2 Å². The van der Waals surface area contributed by atoms with Gasteiger partial charge in [0.25, 0.3) is 0 Å². The van der Waals surface area contributed by atoms with Gasteiger partial charge < -0.3 is 31.7 Å². The van der Waals surface area contributed by atoms with Crippen molar-refractivity contribution in [1.82, 2.24) is 5.32 Å². The predicted octanol–water partition coefficient (Wildman–Crippen LogP) is -1.68. The summed E-state index contributed by atoms with van der Waals surface area (Å²) in [5.74, 6) is -5.53. The second-order valence-corrected chi connectivity index (χ2v) is 4.33. The highest BCUT2D eigenvalue weighted by molar-refractivity contribution is 6.01. The molecular weight excluding hydrogens is 314 g/mol. The van der Waals surface area contributed by atoms with Gasteiger partial charge in [0.1, 0.15) is 6.04 Å². The summed E-state index contributed by atoms with van der Waals surface area (Å²) in [6, 6.07) is -1.91. The summed E-state index contributed by atoms with van der Waals surface area (Å²) in [5, 5.41) is 19.5. The first-order valence-electron chi connectivity index (χ1n) is 6.33. The van der Waals surface area contributed by atoms with Gasteiger partial charge in [0.2, 0.25) is 0 Å².